The second-order valence-electron chi connectivity index (χ2n) is 6.08. The molecule has 0 aliphatic carbocycles. The maximum atomic E-state index is 13.2. The van der Waals surface area contributed by atoms with E-state index in [1.807, 2.05) is 0 Å². The van der Waals surface area contributed by atoms with Crippen LogP contribution in [-0.4, -0.2) is 30.0 Å². The van der Waals surface area contributed by atoms with Crippen LogP contribution in [0.5, 0.6) is 0 Å². The Morgan fingerprint density at radius 3 is 2.64 bits per heavy atom. The van der Waals surface area contributed by atoms with E-state index in [0.717, 1.165) is 25.0 Å². The minimum absolute atomic E-state index is 0.0576. The van der Waals surface area contributed by atoms with Gasteiger partial charge in [0.1, 0.15) is 0 Å². The number of nitrogens with zero attached hydrogens (tertiary/aromatic N) is 1. The molecule has 3 rings (SSSR count). The third kappa shape index (κ3) is 4.55. The van der Waals surface area contributed by atoms with Crippen LogP contribution in [0.25, 0.3) is 0 Å². The number of carbonyl (C=O) groups is 1. The molecule has 0 bridgehead atoms. The van der Waals surface area contributed by atoms with E-state index in [1.54, 1.807) is 29.2 Å². The first-order chi connectivity index (χ1) is 12.0. The van der Waals surface area contributed by atoms with Gasteiger partial charge in [0.25, 0.3) is 5.91 Å². The zero-order valence-corrected chi connectivity index (χ0v) is 14.3. The topological polar surface area (TPSA) is 29.5 Å². The Morgan fingerprint density at radius 2 is 1.92 bits per heavy atom. The van der Waals surface area contributed by atoms with Crippen molar-refractivity contribution in [3.05, 3.63) is 70.2 Å². The molecule has 6 heteroatoms. The lowest BCUT2D eigenvalue weighted by molar-refractivity contribution is -0.00682. The number of amides is 1. The number of piperidine rings is 1. The Labute approximate surface area is 150 Å². The van der Waals surface area contributed by atoms with Gasteiger partial charge in [0.05, 0.1) is 12.7 Å². The van der Waals surface area contributed by atoms with Crippen LogP contribution in [0, 0.1) is 11.6 Å². The number of halogens is 3. The third-order valence-corrected chi connectivity index (χ3v) is 4.48. The van der Waals surface area contributed by atoms with Crippen LogP contribution in [0.2, 0.25) is 5.02 Å². The van der Waals surface area contributed by atoms with Crippen molar-refractivity contribution in [3.63, 3.8) is 0 Å². The number of hydrogen-bond donors (Lipinski definition) is 0. The summed E-state index contributed by atoms with van der Waals surface area (Å²) in [4.78, 5) is 14.3. The van der Waals surface area contributed by atoms with Gasteiger partial charge in [-0.15, -0.1) is 0 Å². The molecule has 2 aromatic rings. The van der Waals surface area contributed by atoms with Gasteiger partial charge in [-0.3, -0.25) is 4.79 Å². The molecule has 0 spiro atoms. The molecule has 1 saturated heterocycles. The zero-order chi connectivity index (χ0) is 17.8. The van der Waals surface area contributed by atoms with Crippen molar-refractivity contribution in [3.8, 4) is 0 Å². The molecule has 0 aromatic heterocycles. The van der Waals surface area contributed by atoms with Gasteiger partial charge in [-0.25, -0.2) is 8.78 Å². The fraction of sp³-hybridized carbons (Fsp3) is 0.316. The van der Waals surface area contributed by atoms with Gasteiger partial charge in [0.15, 0.2) is 11.6 Å². The molecule has 1 amide bonds. The van der Waals surface area contributed by atoms with Gasteiger partial charge in [-0.2, -0.15) is 0 Å². The molecule has 0 saturated carbocycles. The third-order valence-electron chi connectivity index (χ3n) is 4.23. The van der Waals surface area contributed by atoms with Gasteiger partial charge in [0.2, 0.25) is 0 Å². The molecule has 1 heterocycles. The molecular formula is C19H18ClF2NO2. The fourth-order valence-electron chi connectivity index (χ4n) is 2.88. The first-order valence-corrected chi connectivity index (χ1v) is 8.51. The molecule has 0 N–H and O–H groups in total. The van der Waals surface area contributed by atoms with Crippen LogP contribution in [-0.2, 0) is 11.3 Å². The largest absolute Gasteiger partial charge is 0.372 e. The summed E-state index contributed by atoms with van der Waals surface area (Å²) < 4.78 is 32.0. The van der Waals surface area contributed by atoms with E-state index in [9.17, 15) is 13.6 Å². The second kappa shape index (κ2) is 7.93. The summed E-state index contributed by atoms with van der Waals surface area (Å²) in [6.07, 6.45) is 1.54. The SMILES string of the molecule is O=C(c1ccc(Cl)cc1)N1CCCC(OCc2ccc(F)c(F)c2)C1. The van der Waals surface area contributed by atoms with Crippen LogP contribution < -0.4 is 0 Å². The number of benzene rings is 2. The van der Waals surface area contributed by atoms with E-state index in [0.29, 0.717) is 29.2 Å². The highest BCUT2D eigenvalue weighted by Crippen LogP contribution is 2.19. The minimum atomic E-state index is -0.885. The molecule has 0 radical (unpaired) electrons. The van der Waals surface area contributed by atoms with Crippen molar-refractivity contribution in [1.29, 1.82) is 0 Å². The smallest absolute Gasteiger partial charge is 0.253 e. The van der Waals surface area contributed by atoms with Crippen molar-refractivity contribution in [2.24, 2.45) is 0 Å². The highest BCUT2D eigenvalue weighted by molar-refractivity contribution is 6.30. The lowest BCUT2D eigenvalue weighted by Gasteiger charge is -2.32. The molecule has 25 heavy (non-hydrogen) atoms. The van der Waals surface area contributed by atoms with Crippen LogP contribution >= 0.6 is 11.6 Å². The quantitative estimate of drug-likeness (QED) is 0.801. The molecule has 1 unspecified atom stereocenters. The van der Waals surface area contributed by atoms with E-state index in [-0.39, 0.29) is 18.6 Å². The maximum absolute atomic E-state index is 13.2. The molecular weight excluding hydrogens is 348 g/mol. The summed E-state index contributed by atoms with van der Waals surface area (Å²) in [7, 11) is 0. The summed E-state index contributed by atoms with van der Waals surface area (Å²) in [6.45, 7) is 1.34. The standard InChI is InChI=1S/C19H18ClF2NO2/c20-15-6-4-14(5-7-15)19(24)23-9-1-2-16(11-23)25-12-13-3-8-17(21)18(22)10-13/h3-8,10,16H,1-2,9,11-12H2. The van der Waals surface area contributed by atoms with Crippen molar-refractivity contribution in [2.45, 2.75) is 25.6 Å². The van der Waals surface area contributed by atoms with Crippen LogP contribution in [0.1, 0.15) is 28.8 Å². The molecule has 2 aromatic carbocycles. The highest BCUT2D eigenvalue weighted by Gasteiger charge is 2.25. The average molecular weight is 366 g/mol. The predicted octanol–water partition coefficient (Wildman–Crippen LogP) is 4.44. The second-order valence-corrected chi connectivity index (χ2v) is 6.52. The van der Waals surface area contributed by atoms with Crippen molar-refractivity contribution in [2.75, 3.05) is 13.1 Å². The van der Waals surface area contributed by atoms with Crippen molar-refractivity contribution < 1.29 is 18.3 Å². The van der Waals surface area contributed by atoms with E-state index in [2.05, 4.69) is 0 Å². The Morgan fingerprint density at radius 1 is 1.16 bits per heavy atom. The van der Waals surface area contributed by atoms with Crippen LogP contribution in [0.15, 0.2) is 42.5 Å². The van der Waals surface area contributed by atoms with E-state index in [4.69, 9.17) is 16.3 Å². The minimum Gasteiger partial charge on any atom is -0.372 e. The number of likely N-dealkylation sites (tertiary alicyclic amines) is 1. The Hall–Kier alpha value is -1.98. The molecule has 3 nitrogen and oxygen atoms in total. The number of ether oxygens (including phenoxy) is 1. The zero-order valence-electron chi connectivity index (χ0n) is 13.6. The van der Waals surface area contributed by atoms with Crippen molar-refractivity contribution >= 4 is 17.5 Å². The van der Waals surface area contributed by atoms with Gasteiger partial charge in [-0.05, 0) is 54.8 Å². The lowest BCUT2D eigenvalue weighted by Crippen LogP contribution is -2.43. The molecule has 1 aliphatic heterocycles. The maximum Gasteiger partial charge on any atom is 0.253 e. The monoisotopic (exact) mass is 365 g/mol. The van der Waals surface area contributed by atoms with Gasteiger partial charge in [-0.1, -0.05) is 17.7 Å². The number of carbonyl (C=O) groups excluding carboxylic acids is 1. The Bertz CT molecular complexity index is 752. The molecule has 132 valence electrons. The van der Waals surface area contributed by atoms with Crippen LogP contribution in [0.3, 0.4) is 0 Å². The van der Waals surface area contributed by atoms with E-state index in [1.165, 1.54) is 6.07 Å². The fourth-order valence-corrected chi connectivity index (χ4v) is 3.00. The summed E-state index contributed by atoms with van der Waals surface area (Å²) in [5.41, 5.74) is 1.16. The summed E-state index contributed by atoms with van der Waals surface area (Å²) in [6, 6.07) is 10.5. The normalized spacial score (nSPS) is 17.6. The molecule has 1 aliphatic rings. The van der Waals surface area contributed by atoms with Gasteiger partial charge in [0, 0.05) is 23.7 Å². The summed E-state index contributed by atoms with van der Waals surface area (Å²) in [5, 5.41) is 0.586. The Balaban J connectivity index is 1.58. The first kappa shape index (κ1) is 17.8. The highest BCUT2D eigenvalue weighted by atomic mass is 35.5. The summed E-state index contributed by atoms with van der Waals surface area (Å²) >= 11 is 5.85. The Kier molecular flexibility index (Phi) is 5.66. The first-order valence-electron chi connectivity index (χ1n) is 8.13. The van der Waals surface area contributed by atoms with E-state index < -0.39 is 11.6 Å². The number of hydrogen-bond acceptors (Lipinski definition) is 2. The van der Waals surface area contributed by atoms with Gasteiger partial charge < -0.3 is 9.64 Å². The molecule has 1 atom stereocenters. The lowest BCUT2D eigenvalue weighted by atomic mass is 10.1. The number of rotatable bonds is 4. The predicted molar refractivity (Wildman–Crippen MR) is 91.5 cm³/mol. The van der Waals surface area contributed by atoms with E-state index >= 15 is 0 Å². The molecule has 1 fully saturated rings. The average Bonchev–Trinajstić information content (AvgIpc) is 2.63. The summed E-state index contributed by atoms with van der Waals surface area (Å²) in [5.74, 6) is -1.82. The van der Waals surface area contributed by atoms with Crippen molar-refractivity contribution in [1.82, 2.24) is 4.90 Å². The van der Waals surface area contributed by atoms with Crippen LogP contribution in [0.4, 0.5) is 8.78 Å². The van der Waals surface area contributed by atoms with Gasteiger partial charge >= 0.3 is 0 Å².